The van der Waals surface area contributed by atoms with Gasteiger partial charge in [0, 0.05) is 38.6 Å². The zero-order valence-corrected chi connectivity index (χ0v) is 16.4. The first kappa shape index (κ1) is 19.4. The Morgan fingerprint density at radius 3 is 3.07 bits per heavy atom. The summed E-state index contributed by atoms with van der Waals surface area (Å²) in [5.41, 5.74) is 2.48. The van der Waals surface area contributed by atoms with E-state index in [1.54, 1.807) is 6.20 Å². The first-order valence-electron chi connectivity index (χ1n) is 9.85. The second-order valence-corrected chi connectivity index (χ2v) is 7.21. The average Bonchev–Trinajstić information content (AvgIpc) is 3.31. The van der Waals surface area contributed by atoms with Crippen molar-refractivity contribution in [2.75, 3.05) is 19.7 Å². The van der Waals surface area contributed by atoms with E-state index >= 15 is 0 Å². The van der Waals surface area contributed by atoms with Crippen LogP contribution in [0.1, 0.15) is 43.1 Å². The summed E-state index contributed by atoms with van der Waals surface area (Å²) < 4.78 is 7.86. The molecule has 1 saturated heterocycles. The Kier molecular flexibility index (Phi) is 6.87. The van der Waals surface area contributed by atoms with Gasteiger partial charge in [0.15, 0.2) is 0 Å². The van der Waals surface area contributed by atoms with Crippen LogP contribution in [-0.2, 0) is 17.8 Å². The molecular formula is C21H30N4O2. The molecule has 1 unspecified atom stereocenters. The van der Waals surface area contributed by atoms with Crippen molar-refractivity contribution in [1.29, 1.82) is 0 Å². The molecule has 6 heteroatoms. The van der Waals surface area contributed by atoms with Crippen molar-refractivity contribution < 1.29 is 9.53 Å². The number of imidazole rings is 1. The van der Waals surface area contributed by atoms with Crippen LogP contribution in [0, 0.1) is 6.92 Å². The summed E-state index contributed by atoms with van der Waals surface area (Å²) in [5.74, 6) is 0.890. The molecule has 0 radical (unpaired) electrons. The van der Waals surface area contributed by atoms with E-state index in [0.717, 1.165) is 38.2 Å². The molecule has 0 bridgehead atoms. The van der Waals surface area contributed by atoms with E-state index in [1.807, 2.05) is 11.1 Å². The van der Waals surface area contributed by atoms with Gasteiger partial charge in [-0.05, 0) is 31.7 Å². The molecule has 1 aliphatic rings. The van der Waals surface area contributed by atoms with E-state index in [4.69, 9.17) is 4.74 Å². The molecule has 2 heterocycles. The number of carbonyl (C=O) groups excluding carboxylic acids is 1. The molecule has 27 heavy (non-hydrogen) atoms. The van der Waals surface area contributed by atoms with Gasteiger partial charge in [0.25, 0.3) is 0 Å². The van der Waals surface area contributed by atoms with E-state index in [-0.39, 0.29) is 12.1 Å². The molecule has 1 aromatic carbocycles. The van der Waals surface area contributed by atoms with Gasteiger partial charge in [0.1, 0.15) is 5.82 Å². The first-order chi connectivity index (χ1) is 13.2. The van der Waals surface area contributed by atoms with Crippen LogP contribution in [0.5, 0.6) is 0 Å². The van der Waals surface area contributed by atoms with Crippen LogP contribution in [0.15, 0.2) is 36.7 Å². The minimum absolute atomic E-state index is 0.0440. The minimum atomic E-state index is -0.0440. The van der Waals surface area contributed by atoms with Crippen LogP contribution in [0.25, 0.3) is 0 Å². The molecule has 1 N–H and O–H groups in total. The number of carbonyl (C=O) groups is 1. The lowest BCUT2D eigenvalue weighted by Crippen LogP contribution is -2.44. The van der Waals surface area contributed by atoms with Crippen LogP contribution in [-0.4, -0.2) is 46.3 Å². The highest BCUT2D eigenvalue weighted by molar-refractivity contribution is 5.74. The third kappa shape index (κ3) is 5.57. The Morgan fingerprint density at radius 2 is 2.33 bits per heavy atom. The van der Waals surface area contributed by atoms with Gasteiger partial charge >= 0.3 is 6.03 Å². The number of benzene rings is 1. The molecule has 1 aromatic heterocycles. The Labute approximate surface area is 161 Å². The van der Waals surface area contributed by atoms with Gasteiger partial charge in [-0.25, -0.2) is 9.78 Å². The summed E-state index contributed by atoms with van der Waals surface area (Å²) >= 11 is 0. The molecule has 0 aliphatic carbocycles. The van der Waals surface area contributed by atoms with Gasteiger partial charge in [0.2, 0.25) is 0 Å². The average molecular weight is 370 g/mol. The number of aromatic nitrogens is 2. The van der Waals surface area contributed by atoms with Crippen molar-refractivity contribution in [3.8, 4) is 0 Å². The number of nitrogens with zero attached hydrogens (tertiary/aromatic N) is 3. The molecule has 1 atom stereocenters. The maximum Gasteiger partial charge on any atom is 0.317 e. The number of nitrogens with one attached hydrogen (secondary N) is 1. The zero-order chi connectivity index (χ0) is 19.1. The highest BCUT2D eigenvalue weighted by atomic mass is 16.5. The normalized spacial score (nSPS) is 16.4. The number of aryl methyl sites for hydroxylation is 1. The summed E-state index contributed by atoms with van der Waals surface area (Å²) in [6, 6.07) is 8.43. The molecular weight excluding hydrogens is 340 g/mol. The van der Waals surface area contributed by atoms with Gasteiger partial charge < -0.3 is 19.5 Å². The first-order valence-corrected chi connectivity index (χ1v) is 9.85. The third-order valence-corrected chi connectivity index (χ3v) is 4.83. The van der Waals surface area contributed by atoms with E-state index in [9.17, 15) is 4.79 Å². The lowest BCUT2D eigenvalue weighted by molar-refractivity contribution is 0.0786. The topological polar surface area (TPSA) is 59.4 Å². The Morgan fingerprint density at radius 1 is 1.44 bits per heavy atom. The quantitative estimate of drug-likeness (QED) is 0.775. The van der Waals surface area contributed by atoms with Gasteiger partial charge in [0.05, 0.1) is 12.6 Å². The number of amides is 2. The van der Waals surface area contributed by atoms with Crippen LogP contribution in [0.2, 0.25) is 0 Å². The lowest BCUT2D eigenvalue weighted by atomic mass is 10.1. The molecule has 0 saturated carbocycles. The number of ether oxygens (including phenoxy) is 1. The van der Waals surface area contributed by atoms with Gasteiger partial charge in [-0.3, -0.25) is 0 Å². The van der Waals surface area contributed by atoms with Crippen molar-refractivity contribution in [2.45, 2.75) is 52.3 Å². The number of hydrogen-bond donors (Lipinski definition) is 1. The molecule has 6 nitrogen and oxygen atoms in total. The lowest BCUT2D eigenvalue weighted by Gasteiger charge is -2.25. The van der Waals surface area contributed by atoms with Crippen LogP contribution < -0.4 is 5.32 Å². The van der Waals surface area contributed by atoms with Crippen molar-refractivity contribution in [3.63, 3.8) is 0 Å². The summed E-state index contributed by atoms with van der Waals surface area (Å²) in [4.78, 5) is 19.0. The smallest absolute Gasteiger partial charge is 0.317 e. The van der Waals surface area contributed by atoms with Crippen molar-refractivity contribution >= 4 is 6.03 Å². The maximum atomic E-state index is 12.7. The molecule has 1 aliphatic heterocycles. The summed E-state index contributed by atoms with van der Waals surface area (Å²) in [7, 11) is 0. The highest BCUT2D eigenvalue weighted by Crippen LogP contribution is 2.16. The zero-order valence-electron chi connectivity index (χ0n) is 16.4. The Hall–Kier alpha value is -2.34. The molecule has 3 rings (SSSR count). The Balaban J connectivity index is 1.70. The maximum absolute atomic E-state index is 12.7. The molecule has 146 valence electrons. The molecule has 2 amide bonds. The second-order valence-electron chi connectivity index (χ2n) is 7.21. The second kappa shape index (κ2) is 9.55. The molecule has 2 aromatic rings. The standard InChI is InChI=1S/C21H30N4O2/c1-3-9-23-21(26)25(15-19-8-5-12-27-19)16-20-22-10-11-24(20)14-18-7-4-6-17(2)13-18/h4,6-7,10-11,13,19H,3,5,8-9,12,14-16H2,1-2H3,(H,23,26). The SMILES string of the molecule is CCCNC(=O)N(Cc1nccn1Cc1cccc(C)c1)CC1CCCO1. The van der Waals surface area contributed by atoms with Crippen molar-refractivity contribution in [2.24, 2.45) is 0 Å². The van der Waals surface area contributed by atoms with E-state index in [1.165, 1.54) is 11.1 Å². The number of hydrogen-bond acceptors (Lipinski definition) is 3. The third-order valence-electron chi connectivity index (χ3n) is 4.83. The summed E-state index contributed by atoms with van der Waals surface area (Å²) in [5, 5.41) is 2.99. The van der Waals surface area contributed by atoms with Gasteiger partial charge in [-0.1, -0.05) is 36.8 Å². The van der Waals surface area contributed by atoms with Crippen LogP contribution >= 0.6 is 0 Å². The van der Waals surface area contributed by atoms with E-state index in [0.29, 0.717) is 19.6 Å². The predicted octanol–water partition coefficient (Wildman–Crippen LogP) is 3.34. The highest BCUT2D eigenvalue weighted by Gasteiger charge is 2.23. The Bertz CT molecular complexity index is 737. The fourth-order valence-corrected chi connectivity index (χ4v) is 3.41. The minimum Gasteiger partial charge on any atom is -0.376 e. The fourth-order valence-electron chi connectivity index (χ4n) is 3.41. The monoisotopic (exact) mass is 370 g/mol. The fraction of sp³-hybridized carbons (Fsp3) is 0.524. The van der Waals surface area contributed by atoms with E-state index < -0.39 is 0 Å². The van der Waals surface area contributed by atoms with Crippen molar-refractivity contribution in [3.05, 3.63) is 53.6 Å². The predicted molar refractivity (Wildman–Crippen MR) is 106 cm³/mol. The van der Waals surface area contributed by atoms with Crippen LogP contribution in [0.4, 0.5) is 4.79 Å². The van der Waals surface area contributed by atoms with Gasteiger partial charge in [-0.15, -0.1) is 0 Å². The van der Waals surface area contributed by atoms with Crippen LogP contribution in [0.3, 0.4) is 0 Å². The van der Waals surface area contributed by atoms with E-state index in [2.05, 4.69) is 53.0 Å². The number of rotatable bonds is 8. The van der Waals surface area contributed by atoms with Crippen molar-refractivity contribution in [1.82, 2.24) is 19.8 Å². The molecule has 0 spiro atoms. The largest absolute Gasteiger partial charge is 0.376 e. The number of urea groups is 1. The summed E-state index contributed by atoms with van der Waals surface area (Å²) in [6.07, 6.45) is 6.90. The summed E-state index contributed by atoms with van der Waals surface area (Å²) in [6.45, 7) is 7.46. The van der Waals surface area contributed by atoms with Gasteiger partial charge in [-0.2, -0.15) is 0 Å². The molecule has 1 fully saturated rings.